The molecule has 1 aromatic carbocycles. The molecule has 0 radical (unpaired) electrons. The van der Waals surface area contributed by atoms with Gasteiger partial charge in [0.2, 0.25) is 0 Å². The van der Waals surface area contributed by atoms with E-state index in [-0.39, 0.29) is 0 Å². The molecule has 1 heterocycles. The van der Waals surface area contributed by atoms with Gasteiger partial charge < -0.3 is 5.23 Å². The Morgan fingerprint density at radius 2 is 1.50 bits per heavy atom. The lowest BCUT2D eigenvalue weighted by molar-refractivity contribution is 0.720. The molecule has 1 nitrogen and oxygen atoms in total. The molecule has 1 aliphatic heterocycles. The maximum absolute atomic E-state index is 3.62. The summed E-state index contributed by atoms with van der Waals surface area (Å²) in [5, 5.41) is 3.62. The summed E-state index contributed by atoms with van der Waals surface area (Å²) < 4.78 is 0. The molecule has 1 aromatic rings. The monoisotopic (exact) mass is 187 g/mol. The van der Waals surface area contributed by atoms with Crippen LogP contribution < -0.4 is 5.23 Å². The minimum absolute atomic E-state index is 0.708. The van der Waals surface area contributed by atoms with E-state index in [0.29, 0.717) is 6.85 Å². The van der Waals surface area contributed by atoms with E-state index < -0.39 is 0 Å². The van der Waals surface area contributed by atoms with Crippen molar-refractivity contribution in [2.45, 2.75) is 38.3 Å². The minimum atomic E-state index is 0.708. The molecule has 14 heavy (non-hydrogen) atoms. The molecule has 1 saturated heterocycles. The number of para-hydroxylation sites is 1. The minimum Gasteiger partial charge on any atom is -0.428 e. The predicted molar refractivity (Wildman–Crippen MR) is 63.9 cm³/mol. The van der Waals surface area contributed by atoms with Crippen LogP contribution in [0, 0.1) is 0 Å². The summed E-state index contributed by atoms with van der Waals surface area (Å²) in [6, 6.07) is 10.6. The third-order valence-corrected chi connectivity index (χ3v) is 3.00. The third kappa shape index (κ3) is 2.79. The highest BCUT2D eigenvalue weighted by atomic mass is 14.8. The number of anilines is 1. The molecule has 0 bridgehead atoms. The Hall–Kier alpha value is -0.915. The van der Waals surface area contributed by atoms with Gasteiger partial charge in [-0.1, -0.05) is 56.5 Å². The first-order valence-corrected chi connectivity index (χ1v) is 5.77. The van der Waals surface area contributed by atoms with Gasteiger partial charge in [-0.05, 0) is 12.1 Å². The van der Waals surface area contributed by atoms with Gasteiger partial charge >= 0.3 is 0 Å². The largest absolute Gasteiger partial charge is 0.428 e. The van der Waals surface area contributed by atoms with E-state index in [2.05, 4.69) is 35.6 Å². The highest BCUT2D eigenvalue weighted by Crippen LogP contribution is 2.19. The normalized spacial score (nSPS) is 17.6. The molecule has 74 valence electrons. The van der Waals surface area contributed by atoms with Crippen molar-refractivity contribution in [1.82, 2.24) is 0 Å². The molecular weight excluding hydrogens is 169 g/mol. The van der Waals surface area contributed by atoms with Gasteiger partial charge in [0.15, 0.2) is 0 Å². The van der Waals surface area contributed by atoms with Crippen molar-refractivity contribution >= 4 is 12.5 Å². The molecule has 0 spiro atoms. The van der Waals surface area contributed by atoms with Gasteiger partial charge in [0.05, 0.1) is 0 Å². The molecule has 0 amide bonds. The second-order valence-corrected chi connectivity index (χ2v) is 4.20. The number of hydrogen-bond acceptors (Lipinski definition) is 1. The van der Waals surface area contributed by atoms with E-state index in [4.69, 9.17) is 0 Å². The molecule has 1 fully saturated rings. The average molecular weight is 187 g/mol. The van der Waals surface area contributed by atoms with E-state index in [1.165, 1.54) is 44.0 Å². The number of benzene rings is 1. The molecule has 0 saturated carbocycles. The first kappa shape index (κ1) is 9.63. The van der Waals surface area contributed by atoms with Crippen LogP contribution in [0.5, 0.6) is 0 Å². The fourth-order valence-electron chi connectivity index (χ4n) is 2.19. The van der Waals surface area contributed by atoms with Gasteiger partial charge in [-0.2, -0.15) is 0 Å². The van der Waals surface area contributed by atoms with Gasteiger partial charge in [-0.3, -0.25) is 0 Å². The molecule has 2 heteroatoms. The topological polar surface area (TPSA) is 12.0 Å². The van der Waals surface area contributed by atoms with Crippen LogP contribution in [0.25, 0.3) is 0 Å². The standard InChI is InChI=1S/C12H18BN/c1-2-7-11-13(10-6-1)14-12-8-4-3-5-9-12/h3-5,8-9,14H,1-2,6-7,10-11H2. The summed E-state index contributed by atoms with van der Waals surface area (Å²) in [7, 11) is 0. The van der Waals surface area contributed by atoms with Crippen molar-refractivity contribution < 1.29 is 0 Å². The van der Waals surface area contributed by atoms with E-state index in [0.717, 1.165) is 0 Å². The summed E-state index contributed by atoms with van der Waals surface area (Å²) in [6.07, 6.45) is 8.32. The summed E-state index contributed by atoms with van der Waals surface area (Å²) in [6.45, 7) is 0.708. The quantitative estimate of drug-likeness (QED) is 0.696. The first-order chi connectivity index (χ1) is 6.95. The zero-order valence-electron chi connectivity index (χ0n) is 8.71. The highest BCUT2D eigenvalue weighted by Gasteiger charge is 2.16. The maximum Gasteiger partial charge on any atom is 0.251 e. The zero-order chi connectivity index (χ0) is 9.64. The SMILES string of the molecule is c1ccc(NB2CCCCCC2)cc1. The van der Waals surface area contributed by atoms with Crippen LogP contribution in [0.1, 0.15) is 25.7 Å². The Balaban J connectivity index is 1.90. The van der Waals surface area contributed by atoms with Crippen LogP contribution in [0.2, 0.25) is 12.6 Å². The lowest BCUT2D eigenvalue weighted by Crippen LogP contribution is -2.22. The Morgan fingerprint density at radius 3 is 2.14 bits per heavy atom. The lowest BCUT2D eigenvalue weighted by Gasteiger charge is -2.13. The van der Waals surface area contributed by atoms with E-state index in [1.54, 1.807) is 0 Å². The molecule has 0 unspecified atom stereocenters. The van der Waals surface area contributed by atoms with Crippen LogP contribution in [0.3, 0.4) is 0 Å². The zero-order valence-corrected chi connectivity index (χ0v) is 8.71. The van der Waals surface area contributed by atoms with Gasteiger partial charge in [-0.25, -0.2) is 0 Å². The summed E-state index contributed by atoms with van der Waals surface area (Å²) in [5.41, 5.74) is 1.28. The second kappa shape index (κ2) is 5.09. The van der Waals surface area contributed by atoms with Crippen LogP contribution in [0.4, 0.5) is 5.69 Å². The van der Waals surface area contributed by atoms with E-state index in [1.807, 2.05) is 0 Å². The maximum atomic E-state index is 3.62. The van der Waals surface area contributed by atoms with Crippen LogP contribution in [-0.4, -0.2) is 6.85 Å². The van der Waals surface area contributed by atoms with E-state index >= 15 is 0 Å². The lowest BCUT2D eigenvalue weighted by atomic mass is 9.55. The van der Waals surface area contributed by atoms with Crippen molar-refractivity contribution in [3.8, 4) is 0 Å². The molecular formula is C12H18BN. The summed E-state index contributed by atoms with van der Waals surface area (Å²) >= 11 is 0. The van der Waals surface area contributed by atoms with Crippen LogP contribution >= 0.6 is 0 Å². The first-order valence-electron chi connectivity index (χ1n) is 5.77. The molecule has 0 aliphatic carbocycles. The van der Waals surface area contributed by atoms with E-state index in [9.17, 15) is 0 Å². The van der Waals surface area contributed by atoms with Crippen LogP contribution in [0.15, 0.2) is 30.3 Å². The Bertz CT molecular complexity index is 252. The van der Waals surface area contributed by atoms with Crippen molar-refractivity contribution in [1.29, 1.82) is 0 Å². The second-order valence-electron chi connectivity index (χ2n) is 4.20. The van der Waals surface area contributed by atoms with Crippen molar-refractivity contribution in [2.24, 2.45) is 0 Å². The fourth-order valence-corrected chi connectivity index (χ4v) is 2.19. The van der Waals surface area contributed by atoms with Gasteiger partial charge in [0.25, 0.3) is 6.85 Å². The summed E-state index contributed by atoms with van der Waals surface area (Å²) in [4.78, 5) is 0. The Labute approximate surface area is 87.0 Å². The number of rotatable bonds is 2. The van der Waals surface area contributed by atoms with Gasteiger partial charge in [0, 0.05) is 5.69 Å². The van der Waals surface area contributed by atoms with Crippen molar-refractivity contribution in [2.75, 3.05) is 5.23 Å². The number of nitrogens with one attached hydrogen (secondary N) is 1. The Morgan fingerprint density at radius 1 is 0.857 bits per heavy atom. The van der Waals surface area contributed by atoms with Crippen LogP contribution in [-0.2, 0) is 0 Å². The third-order valence-electron chi connectivity index (χ3n) is 3.00. The average Bonchev–Trinajstić information content (AvgIpc) is 2.48. The van der Waals surface area contributed by atoms with Crippen molar-refractivity contribution in [3.05, 3.63) is 30.3 Å². The van der Waals surface area contributed by atoms with Gasteiger partial charge in [-0.15, -0.1) is 0 Å². The highest BCUT2D eigenvalue weighted by molar-refractivity contribution is 6.62. The molecule has 1 N–H and O–H groups in total. The molecule has 0 aromatic heterocycles. The predicted octanol–water partition coefficient (Wildman–Crippen LogP) is 3.66. The number of hydrogen-bond donors (Lipinski definition) is 1. The molecule has 2 rings (SSSR count). The summed E-state index contributed by atoms with van der Waals surface area (Å²) in [5.74, 6) is 0. The Kier molecular flexibility index (Phi) is 3.50. The fraction of sp³-hybridized carbons (Fsp3) is 0.500. The van der Waals surface area contributed by atoms with Crippen molar-refractivity contribution in [3.63, 3.8) is 0 Å². The molecule has 0 atom stereocenters. The molecule has 1 aliphatic rings. The van der Waals surface area contributed by atoms with Gasteiger partial charge in [0.1, 0.15) is 0 Å². The smallest absolute Gasteiger partial charge is 0.251 e.